The maximum absolute atomic E-state index is 14.2. The monoisotopic (exact) mass is 456 g/mol. The van der Waals surface area contributed by atoms with Gasteiger partial charge in [0.05, 0.1) is 0 Å². The molecule has 0 bridgehead atoms. The first-order valence-electron chi connectivity index (χ1n) is 10.4. The van der Waals surface area contributed by atoms with Crippen LogP contribution in [-0.4, -0.2) is 10.6 Å². The predicted octanol–water partition coefficient (Wildman–Crippen LogP) is 5.55. The zero-order valence-corrected chi connectivity index (χ0v) is 18.8. The van der Waals surface area contributed by atoms with Crippen molar-refractivity contribution in [1.29, 1.82) is 0 Å². The molecule has 0 spiro atoms. The van der Waals surface area contributed by atoms with Crippen LogP contribution >= 0.6 is 6.60 Å². The number of carbonyl (C=O) groups excluding carboxylic acids is 1. The number of hydrogen-bond acceptors (Lipinski definition) is 4. The van der Waals surface area contributed by atoms with E-state index in [9.17, 15) is 14.9 Å². The van der Waals surface area contributed by atoms with Crippen molar-refractivity contribution in [3.8, 4) is 0 Å². The zero-order chi connectivity index (χ0) is 23.3. The Morgan fingerprint density at radius 1 is 0.727 bits per heavy atom. The Morgan fingerprint density at radius 3 is 1.55 bits per heavy atom. The topological polar surface area (TPSA) is 69.4 Å². The van der Waals surface area contributed by atoms with Crippen LogP contribution in [0.5, 0.6) is 0 Å². The van der Waals surface area contributed by atoms with Crippen LogP contribution in [0.15, 0.2) is 115 Å². The van der Waals surface area contributed by atoms with Crippen LogP contribution in [-0.2, 0) is 11.3 Å². The summed E-state index contributed by atoms with van der Waals surface area (Å²) in [4.78, 5) is 25.2. The third kappa shape index (κ3) is 3.71. The molecular formula is C27H23NO4P. The van der Waals surface area contributed by atoms with E-state index in [-0.39, 0.29) is 12.3 Å². The Balaban J connectivity index is 1.92. The second-order valence-corrected chi connectivity index (χ2v) is 12.3. The van der Waals surface area contributed by atoms with E-state index >= 15 is 0 Å². The van der Waals surface area contributed by atoms with Crippen molar-refractivity contribution in [3.63, 3.8) is 0 Å². The number of rotatable bonds is 7. The molecule has 4 rings (SSSR count). The molecule has 0 N–H and O–H groups in total. The minimum atomic E-state index is -4.03. The van der Waals surface area contributed by atoms with Crippen LogP contribution < -0.4 is 15.9 Å². The third-order valence-corrected chi connectivity index (χ3v) is 11.2. The first-order valence-corrected chi connectivity index (χ1v) is 12.8. The molecule has 0 amide bonds. The summed E-state index contributed by atoms with van der Waals surface area (Å²) in [5.41, 5.74) is -0.258. The van der Waals surface area contributed by atoms with E-state index in [1.54, 1.807) is 18.2 Å². The van der Waals surface area contributed by atoms with Gasteiger partial charge in [-0.15, -0.1) is 0 Å². The Hall–Kier alpha value is -3.82. The van der Waals surface area contributed by atoms with Gasteiger partial charge in [0.15, 0.2) is 0 Å². The molecule has 0 heterocycles. The third-order valence-electron chi connectivity index (χ3n) is 5.92. The summed E-state index contributed by atoms with van der Waals surface area (Å²) in [5, 5.41) is 13.7. The van der Waals surface area contributed by atoms with Crippen LogP contribution in [0, 0.1) is 16.8 Å². The van der Waals surface area contributed by atoms with Crippen molar-refractivity contribution in [3.05, 3.63) is 138 Å². The van der Waals surface area contributed by atoms with Crippen molar-refractivity contribution < 1.29 is 14.5 Å². The Bertz CT molecular complexity index is 1180. The van der Waals surface area contributed by atoms with E-state index in [0.717, 1.165) is 15.9 Å². The van der Waals surface area contributed by atoms with Crippen LogP contribution in [0.25, 0.3) is 0 Å². The Labute approximate surface area is 192 Å². The zero-order valence-electron chi connectivity index (χ0n) is 17.9. The molecule has 0 atom stereocenters. The summed E-state index contributed by atoms with van der Waals surface area (Å²) >= 11 is 0. The molecule has 4 aromatic carbocycles. The second kappa shape index (κ2) is 8.97. The Morgan fingerprint density at radius 2 is 1.12 bits per heavy atom. The fourth-order valence-corrected chi connectivity index (χ4v) is 8.49. The van der Waals surface area contributed by atoms with Crippen molar-refractivity contribution in [2.24, 2.45) is 0 Å². The molecule has 0 aliphatic rings. The molecule has 0 unspecified atom stereocenters. The van der Waals surface area contributed by atoms with Crippen molar-refractivity contribution in [2.75, 3.05) is 0 Å². The van der Waals surface area contributed by atoms with E-state index in [0.29, 0.717) is 5.56 Å². The van der Waals surface area contributed by atoms with E-state index in [1.165, 1.54) is 6.07 Å². The fraction of sp³-hybridized carbons (Fsp3) is 0.0370. The standard InChI is InChI=1S/C27H23NO4P/c1-33(23-14-5-2-6-15-23,24-16-7-3-8-17-24,25-18-9-4-10-19-25)27(29)32-21-22-13-11-12-20-26(22)28(30)31/h2-20H,1,21H2. The van der Waals surface area contributed by atoms with Gasteiger partial charge in [-0.25, -0.2) is 0 Å². The number of ether oxygens (including phenoxy) is 1. The number of nitro groups is 1. The summed E-state index contributed by atoms with van der Waals surface area (Å²) in [5.74, 6) is 0. The quantitative estimate of drug-likeness (QED) is 0.208. The molecule has 6 heteroatoms. The molecule has 33 heavy (non-hydrogen) atoms. The van der Waals surface area contributed by atoms with Crippen LogP contribution in [0.4, 0.5) is 10.5 Å². The summed E-state index contributed by atoms with van der Waals surface area (Å²) in [6.07, 6.45) is 0. The number of benzene rings is 4. The molecule has 0 fully saturated rings. The molecule has 0 aliphatic heterocycles. The number of hydrogen-bond donors (Lipinski definition) is 0. The van der Waals surface area contributed by atoms with E-state index in [1.807, 2.05) is 91.0 Å². The van der Waals surface area contributed by atoms with Gasteiger partial charge in [0, 0.05) is 0 Å². The molecule has 0 aliphatic carbocycles. The average Bonchev–Trinajstić information content (AvgIpc) is 2.88. The van der Waals surface area contributed by atoms with Gasteiger partial charge in [-0.3, -0.25) is 0 Å². The molecule has 0 aromatic heterocycles. The predicted molar refractivity (Wildman–Crippen MR) is 134 cm³/mol. The van der Waals surface area contributed by atoms with Gasteiger partial charge in [-0.1, -0.05) is 0 Å². The van der Waals surface area contributed by atoms with E-state index in [2.05, 4.69) is 0 Å². The van der Waals surface area contributed by atoms with Crippen molar-refractivity contribution in [1.82, 2.24) is 0 Å². The average molecular weight is 456 g/mol. The molecular weight excluding hydrogens is 433 g/mol. The van der Waals surface area contributed by atoms with Gasteiger partial charge in [0.1, 0.15) is 0 Å². The second-order valence-electron chi connectivity index (χ2n) is 7.75. The SMILES string of the molecule is [CH2]P(C(=O)OCc1ccccc1[N+](=O)[O-])(c1ccccc1)(c1ccccc1)c1ccccc1. The molecule has 5 nitrogen and oxygen atoms in total. The molecule has 165 valence electrons. The van der Waals surface area contributed by atoms with Gasteiger partial charge in [0.2, 0.25) is 0 Å². The van der Waals surface area contributed by atoms with Gasteiger partial charge in [-0.2, -0.15) is 0 Å². The maximum atomic E-state index is 14.2. The summed E-state index contributed by atoms with van der Waals surface area (Å²) in [6, 6.07) is 34.6. The summed E-state index contributed by atoms with van der Waals surface area (Å²) < 4.78 is 5.90. The molecule has 0 saturated carbocycles. The van der Waals surface area contributed by atoms with Gasteiger partial charge < -0.3 is 0 Å². The number of nitrogens with zero attached hydrogens (tertiary/aromatic N) is 1. The van der Waals surface area contributed by atoms with Crippen LogP contribution in [0.3, 0.4) is 0 Å². The first-order chi connectivity index (χ1) is 16.0. The molecule has 4 aromatic rings. The summed E-state index contributed by atoms with van der Waals surface area (Å²) in [7, 11) is 0. The van der Waals surface area contributed by atoms with Crippen molar-refractivity contribution in [2.45, 2.75) is 6.61 Å². The minimum absolute atomic E-state index is 0.0891. The van der Waals surface area contributed by atoms with Crippen LogP contribution in [0.2, 0.25) is 0 Å². The normalized spacial score (nSPS) is 12.3. The number of nitro benzene ring substituents is 1. The van der Waals surface area contributed by atoms with Gasteiger partial charge in [0.25, 0.3) is 0 Å². The molecule has 1 radical (unpaired) electrons. The van der Waals surface area contributed by atoms with E-state index < -0.39 is 17.2 Å². The van der Waals surface area contributed by atoms with Crippen LogP contribution in [0.1, 0.15) is 5.56 Å². The number of para-hydroxylation sites is 1. The number of carbonyl (C=O) groups is 1. The first kappa shape index (κ1) is 22.4. The van der Waals surface area contributed by atoms with Gasteiger partial charge >= 0.3 is 193 Å². The van der Waals surface area contributed by atoms with Gasteiger partial charge in [-0.05, 0) is 0 Å². The fourth-order valence-electron chi connectivity index (χ4n) is 4.13. The summed E-state index contributed by atoms with van der Waals surface area (Å²) in [6.45, 7) is 0.449. The Kier molecular flexibility index (Phi) is 6.08. The van der Waals surface area contributed by atoms with E-state index in [4.69, 9.17) is 11.4 Å². The van der Waals surface area contributed by atoms with Crippen molar-refractivity contribution >= 4 is 33.9 Å². The molecule has 0 saturated heterocycles.